The number of rotatable bonds is 6. The maximum absolute atomic E-state index is 10.6. The van der Waals surface area contributed by atoms with Crippen LogP contribution in [0.25, 0.3) is 6.08 Å². The van der Waals surface area contributed by atoms with Crippen LogP contribution in [0.2, 0.25) is 0 Å². The number of benzene rings is 1. The van der Waals surface area contributed by atoms with Crippen molar-refractivity contribution in [1.82, 2.24) is 0 Å². The Morgan fingerprint density at radius 1 is 1.40 bits per heavy atom. The molecule has 1 fully saturated rings. The Morgan fingerprint density at radius 2 is 2.15 bits per heavy atom. The smallest absolute Gasteiger partial charge is 0.328 e. The van der Waals surface area contributed by atoms with Crippen LogP contribution in [-0.4, -0.2) is 24.3 Å². The van der Waals surface area contributed by atoms with E-state index in [2.05, 4.69) is 0 Å². The van der Waals surface area contributed by atoms with Gasteiger partial charge in [-0.25, -0.2) is 4.79 Å². The summed E-state index contributed by atoms with van der Waals surface area (Å²) in [5.74, 6) is -0.313. The molecule has 1 aliphatic rings. The number of carbonyl (C=O) groups is 1. The van der Waals surface area contributed by atoms with E-state index in [-0.39, 0.29) is 0 Å². The van der Waals surface area contributed by atoms with Crippen LogP contribution in [0.4, 0.5) is 0 Å². The molecule has 0 amide bonds. The third-order valence-corrected chi connectivity index (χ3v) is 3.49. The standard InChI is InChI=1S/C16H20O4/c1-19-15-8-6-12(10-13(15)7-9-16(17)18)11-20-14-4-2-3-5-14/h6-10,14H,2-5,11H2,1H3,(H,17,18). The van der Waals surface area contributed by atoms with Crippen LogP contribution >= 0.6 is 0 Å². The first-order valence-electron chi connectivity index (χ1n) is 6.88. The number of hydrogen-bond donors (Lipinski definition) is 1. The molecule has 0 unspecified atom stereocenters. The van der Waals surface area contributed by atoms with E-state index in [9.17, 15) is 4.79 Å². The number of ether oxygens (including phenoxy) is 2. The van der Waals surface area contributed by atoms with E-state index in [0.717, 1.165) is 30.0 Å². The van der Waals surface area contributed by atoms with E-state index in [1.54, 1.807) is 13.2 Å². The van der Waals surface area contributed by atoms with Crippen LogP contribution in [0.1, 0.15) is 36.8 Å². The minimum Gasteiger partial charge on any atom is -0.496 e. The van der Waals surface area contributed by atoms with Gasteiger partial charge in [0.2, 0.25) is 0 Å². The summed E-state index contributed by atoms with van der Waals surface area (Å²) in [5, 5.41) is 8.70. The van der Waals surface area contributed by atoms with Gasteiger partial charge in [0.15, 0.2) is 0 Å². The lowest BCUT2D eigenvalue weighted by atomic mass is 10.1. The maximum Gasteiger partial charge on any atom is 0.328 e. The van der Waals surface area contributed by atoms with Gasteiger partial charge in [-0.05, 0) is 36.6 Å². The molecule has 0 radical (unpaired) electrons. The van der Waals surface area contributed by atoms with E-state index in [1.807, 2.05) is 18.2 Å². The van der Waals surface area contributed by atoms with Gasteiger partial charge in [0, 0.05) is 11.6 Å². The van der Waals surface area contributed by atoms with E-state index in [1.165, 1.54) is 12.8 Å². The van der Waals surface area contributed by atoms with Crippen molar-refractivity contribution in [3.8, 4) is 5.75 Å². The van der Waals surface area contributed by atoms with E-state index < -0.39 is 5.97 Å². The summed E-state index contributed by atoms with van der Waals surface area (Å²) in [5.41, 5.74) is 1.78. The van der Waals surface area contributed by atoms with Crippen LogP contribution in [0.3, 0.4) is 0 Å². The Hall–Kier alpha value is -1.81. The molecule has 0 bridgehead atoms. The summed E-state index contributed by atoms with van der Waals surface area (Å²) in [6.07, 6.45) is 7.80. The Labute approximate surface area is 119 Å². The van der Waals surface area contributed by atoms with Crippen molar-refractivity contribution < 1.29 is 19.4 Å². The lowest BCUT2D eigenvalue weighted by Gasteiger charge is -2.12. The molecule has 0 aliphatic heterocycles. The highest BCUT2D eigenvalue weighted by atomic mass is 16.5. The lowest BCUT2D eigenvalue weighted by Crippen LogP contribution is -2.07. The molecule has 1 aliphatic carbocycles. The minimum absolute atomic E-state index is 0.370. The zero-order valence-electron chi connectivity index (χ0n) is 11.7. The van der Waals surface area contributed by atoms with Gasteiger partial charge in [-0.2, -0.15) is 0 Å². The fourth-order valence-electron chi connectivity index (χ4n) is 2.43. The van der Waals surface area contributed by atoms with Gasteiger partial charge in [-0.1, -0.05) is 18.9 Å². The third kappa shape index (κ3) is 4.10. The molecule has 0 spiro atoms. The normalized spacial score (nSPS) is 15.8. The maximum atomic E-state index is 10.6. The average molecular weight is 276 g/mol. The molecular weight excluding hydrogens is 256 g/mol. The summed E-state index contributed by atoms with van der Waals surface area (Å²) in [6.45, 7) is 0.558. The molecule has 1 aromatic carbocycles. The van der Waals surface area contributed by atoms with E-state index in [4.69, 9.17) is 14.6 Å². The predicted octanol–water partition coefficient (Wildman–Crippen LogP) is 3.25. The van der Waals surface area contributed by atoms with Gasteiger partial charge in [-0.15, -0.1) is 0 Å². The molecule has 0 saturated heterocycles. The minimum atomic E-state index is -0.973. The molecule has 20 heavy (non-hydrogen) atoms. The van der Waals surface area contributed by atoms with Crippen LogP contribution in [0.15, 0.2) is 24.3 Å². The predicted molar refractivity (Wildman–Crippen MR) is 76.7 cm³/mol. The summed E-state index contributed by atoms with van der Waals surface area (Å²) in [7, 11) is 1.57. The SMILES string of the molecule is COc1ccc(COC2CCCC2)cc1C=CC(=O)O. The summed E-state index contributed by atoms with van der Waals surface area (Å²) in [6, 6.07) is 5.70. The first kappa shape index (κ1) is 14.6. The van der Waals surface area contributed by atoms with Crippen molar-refractivity contribution in [1.29, 1.82) is 0 Å². The van der Waals surface area contributed by atoms with Gasteiger partial charge in [0.25, 0.3) is 0 Å². The second kappa shape index (κ2) is 7.10. The first-order valence-corrected chi connectivity index (χ1v) is 6.88. The molecule has 4 nitrogen and oxygen atoms in total. The highest BCUT2D eigenvalue weighted by molar-refractivity contribution is 5.85. The molecule has 0 aromatic heterocycles. The molecule has 4 heteroatoms. The fourth-order valence-corrected chi connectivity index (χ4v) is 2.43. The molecule has 1 saturated carbocycles. The molecule has 108 valence electrons. The second-order valence-electron chi connectivity index (χ2n) is 4.97. The Bertz CT molecular complexity index is 487. The number of carboxylic acid groups (broad SMARTS) is 1. The van der Waals surface area contributed by atoms with Gasteiger partial charge in [0.1, 0.15) is 5.75 Å². The zero-order valence-corrected chi connectivity index (χ0v) is 11.7. The fraction of sp³-hybridized carbons (Fsp3) is 0.438. The van der Waals surface area contributed by atoms with Gasteiger partial charge in [-0.3, -0.25) is 0 Å². The number of methoxy groups -OCH3 is 1. The molecule has 0 atom stereocenters. The number of hydrogen-bond acceptors (Lipinski definition) is 3. The highest BCUT2D eigenvalue weighted by Gasteiger charge is 2.15. The van der Waals surface area contributed by atoms with Gasteiger partial charge >= 0.3 is 5.97 Å². The Morgan fingerprint density at radius 3 is 2.80 bits per heavy atom. The van der Waals surface area contributed by atoms with Crippen molar-refractivity contribution >= 4 is 12.0 Å². The van der Waals surface area contributed by atoms with Crippen LogP contribution in [0, 0.1) is 0 Å². The summed E-state index contributed by atoms with van der Waals surface area (Å²) >= 11 is 0. The number of carboxylic acids is 1. The highest BCUT2D eigenvalue weighted by Crippen LogP contribution is 2.25. The number of aliphatic carboxylic acids is 1. The molecule has 1 aromatic rings. The third-order valence-electron chi connectivity index (χ3n) is 3.49. The van der Waals surface area contributed by atoms with E-state index >= 15 is 0 Å². The van der Waals surface area contributed by atoms with Crippen LogP contribution in [-0.2, 0) is 16.1 Å². The average Bonchev–Trinajstić information content (AvgIpc) is 2.96. The molecule has 0 heterocycles. The quantitative estimate of drug-likeness (QED) is 0.810. The van der Waals surface area contributed by atoms with Crippen molar-refractivity contribution in [3.05, 3.63) is 35.4 Å². The largest absolute Gasteiger partial charge is 0.496 e. The van der Waals surface area contributed by atoms with Crippen molar-refractivity contribution in [2.45, 2.75) is 38.4 Å². The topological polar surface area (TPSA) is 55.8 Å². The monoisotopic (exact) mass is 276 g/mol. The Balaban J connectivity index is 2.05. The first-order chi connectivity index (χ1) is 9.69. The zero-order chi connectivity index (χ0) is 14.4. The molecule has 2 rings (SSSR count). The van der Waals surface area contributed by atoms with Gasteiger partial charge < -0.3 is 14.6 Å². The lowest BCUT2D eigenvalue weighted by molar-refractivity contribution is -0.131. The van der Waals surface area contributed by atoms with E-state index in [0.29, 0.717) is 18.5 Å². The van der Waals surface area contributed by atoms with Crippen molar-refractivity contribution in [3.63, 3.8) is 0 Å². The Kier molecular flexibility index (Phi) is 5.18. The summed E-state index contributed by atoms with van der Waals surface area (Å²) in [4.78, 5) is 10.6. The molecular formula is C16H20O4. The van der Waals surface area contributed by atoms with Crippen LogP contribution in [0.5, 0.6) is 5.75 Å². The van der Waals surface area contributed by atoms with Crippen LogP contribution < -0.4 is 4.74 Å². The van der Waals surface area contributed by atoms with Crippen molar-refractivity contribution in [2.24, 2.45) is 0 Å². The van der Waals surface area contributed by atoms with Gasteiger partial charge in [0.05, 0.1) is 19.8 Å². The summed E-state index contributed by atoms with van der Waals surface area (Å²) < 4.78 is 11.1. The van der Waals surface area contributed by atoms with Crippen molar-refractivity contribution in [2.75, 3.05) is 7.11 Å². The molecule has 1 N–H and O–H groups in total. The second-order valence-corrected chi connectivity index (χ2v) is 4.97.